The van der Waals surface area contributed by atoms with E-state index in [1.807, 2.05) is 0 Å². The van der Waals surface area contributed by atoms with E-state index in [9.17, 15) is 18.0 Å². The molecule has 3 aromatic rings. The molecule has 3 aromatic heterocycles. The number of halogens is 3. The fourth-order valence-corrected chi connectivity index (χ4v) is 3.82. The molecule has 4 heterocycles. The first-order chi connectivity index (χ1) is 12.4. The third kappa shape index (κ3) is 2.96. The van der Waals surface area contributed by atoms with Crippen LogP contribution in [0.1, 0.15) is 35.3 Å². The summed E-state index contributed by atoms with van der Waals surface area (Å²) in [5.41, 5.74) is -0.703. The van der Waals surface area contributed by atoms with Crippen molar-refractivity contribution in [2.45, 2.75) is 25.4 Å². The molecule has 0 aromatic carbocycles. The molecule has 0 N–H and O–H groups in total. The number of hydrogen-bond acceptors (Lipinski definition) is 4. The van der Waals surface area contributed by atoms with Crippen molar-refractivity contribution in [3.63, 3.8) is 0 Å². The molecule has 1 saturated heterocycles. The van der Waals surface area contributed by atoms with Gasteiger partial charge in [-0.15, -0.1) is 11.3 Å². The Hall–Kier alpha value is -2.42. The highest BCUT2D eigenvalue weighted by atomic mass is 32.1. The minimum atomic E-state index is -4.61. The van der Waals surface area contributed by atoms with Crippen LogP contribution in [0.5, 0.6) is 0 Å². The van der Waals surface area contributed by atoms with Gasteiger partial charge in [0.2, 0.25) is 0 Å². The van der Waals surface area contributed by atoms with Crippen molar-refractivity contribution >= 4 is 22.9 Å². The second-order valence-electron chi connectivity index (χ2n) is 6.15. The van der Waals surface area contributed by atoms with Gasteiger partial charge in [-0.3, -0.25) is 4.79 Å². The Morgan fingerprint density at radius 3 is 2.62 bits per heavy atom. The highest BCUT2D eigenvalue weighted by Crippen LogP contribution is 2.34. The fourth-order valence-electron chi connectivity index (χ4n) is 3.13. The highest BCUT2D eigenvalue weighted by Gasteiger charge is 2.36. The van der Waals surface area contributed by atoms with Crippen molar-refractivity contribution < 1.29 is 18.0 Å². The summed E-state index contributed by atoms with van der Waals surface area (Å²) in [7, 11) is 0. The molecule has 1 amide bonds. The molecule has 0 aliphatic carbocycles. The van der Waals surface area contributed by atoms with Crippen LogP contribution < -0.4 is 0 Å². The van der Waals surface area contributed by atoms with Crippen molar-refractivity contribution in [1.82, 2.24) is 19.5 Å². The van der Waals surface area contributed by atoms with Gasteiger partial charge < -0.3 is 4.90 Å². The number of thiophene rings is 1. The minimum absolute atomic E-state index is 0.0567. The third-order valence-corrected chi connectivity index (χ3v) is 5.30. The average molecular weight is 380 g/mol. The van der Waals surface area contributed by atoms with Gasteiger partial charge in [-0.2, -0.15) is 18.3 Å². The molecule has 1 aliphatic rings. The van der Waals surface area contributed by atoms with E-state index in [1.54, 1.807) is 22.4 Å². The molecule has 9 heteroatoms. The van der Waals surface area contributed by atoms with E-state index in [2.05, 4.69) is 10.1 Å². The molecule has 136 valence electrons. The van der Waals surface area contributed by atoms with Gasteiger partial charge in [0, 0.05) is 13.1 Å². The van der Waals surface area contributed by atoms with E-state index in [-0.39, 0.29) is 22.8 Å². The lowest BCUT2D eigenvalue weighted by Crippen LogP contribution is -2.35. The Labute approximate surface area is 151 Å². The Kier molecular flexibility index (Phi) is 4.18. The van der Waals surface area contributed by atoms with Gasteiger partial charge in [-0.1, -0.05) is 6.07 Å². The first-order valence-corrected chi connectivity index (χ1v) is 9.12. The Bertz CT molecular complexity index is 943. The topological polar surface area (TPSA) is 50.5 Å². The van der Waals surface area contributed by atoms with E-state index in [0.717, 1.165) is 25.3 Å². The van der Waals surface area contributed by atoms with Crippen molar-refractivity contribution in [2.24, 2.45) is 0 Å². The number of rotatable bonds is 2. The normalized spacial score (nSPS) is 15.6. The Morgan fingerprint density at radius 2 is 1.96 bits per heavy atom. The zero-order valence-electron chi connectivity index (χ0n) is 13.7. The summed E-state index contributed by atoms with van der Waals surface area (Å²) in [4.78, 5) is 19.4. The number of amides is 1. The molecule has 26 heavy (non-hydrogen) atoms. The van der Waals surface area contributed by atoms with E-state index in [4.69, 9.17) is 0 Å². The molecule has 1 aliphatic heterocycles. The number of hydrogen-bond donors (Lipinski definition) is 0. The molecule has 0 atom stereocenters. The van der Waals surface area contributed by atoms with Crippen LogP contribution >= 0.6 is 11.3 Å². The van der Waals surface area contributed by atoms with Crippen LogP contribution in [0, 0.1) is 0 Å². The summed E-state index contributed by atoms with van der Waals surface area (Å²) in [5.74, 6) is -0.316. The number of piperidine rings is 1. The monoisotopic (exact) mass is 380 g/mol. The number of likely N-dealkylation sites (tertiary alicyclic amines) is 1. The molecule has 0 unspecified atom stereocenters. The Balaban J connectivity index is 1.87. The molecule has 5 nitrogen and oxygen atoms in total. The van der Waals surface area contributed by atoms with Crippen LogP contribution in [0.4, 0.5) is 13.2 Å². The second-order valence-corrected chi connectivity index (χ2v) is 7.10. The smallest absolute Gasteiger partial charge is 0.338 e. The third-order valence-electron chi connectivity index (χ3n) is 4.41. The molecule has 0 saturated carbocycles. The fraction of sp³-hybridized carbons (Fsp3) is 0.353. The number of carbonyl (C=O) groups excluding carboxylic acids is 1. The van der Waals surface area contributed by atoms with Gasteiger partial charge in [-0.05, 0) is 36.8 Å². The van der Waals surface area contributed by atoms with E-state index < -0.39 is 11.9 Å². The SMILES string of the molecule is O=C(c1cnn2c(C(F)(F)F)cc(-c3cccs3)nc12)N1CCCCC1. The Morgan fingerprint density at radius 1 is 1.19 bits per heavy atom. The van der Waals surface area contributed by atoms with Crippen molar-refractivity contribution in [3.8, 4) is 10.6 Å². The molecular formula is C17H15F3N4OS. The van der Waals surface area contributed by atoms with Gasteiger partial charge in [0.05, 0.1) is 16.8 Å². The average Bonchev–Trinajstić information content (AvgIpc) is 3.30. The van der Waals surface area contributed by atoms with Crippen LogP contribution in [0.15, 0.2) is 29.8 Å². The summed E-state index contributed by atoms with van der Waals surface area (Å²) in [6.45, 7) is 1.21. The summed E-state index contributed by atoms with van der Waals surface area (Å²) in [6.07, 6.45) is -0.575. The molecule has 0 radical (unpaired) electrons. The standard InChI is InChI=1S/C17H15F3N4OS/c18-17(19,20)14-9-12(13-5-4-8-26-13)22-15-11(10-21-24(14)15)16(25)23-6-2-1-3-7-23/h4-5,8-10H,1-3,6-7H2. The first kappa shape index (κ1) is 17.0. The van der Waals surface area contributed by atoms with Crippen LogP contribution in [-0.2, 0) is 6.18 Å². The quantitative estimate of drug-likeness (QED) is 0.673. The number of aromatic nitrogens is 3. The lowest BCUT2D eigenvalue weighted by atomic mass is 10.1. The summed E-state index contributed by atoms with van der Waals surface area (Å²) >= 11 is 1.29. The van der Waals surface area contributed by atoms with Crippen molar-refractivity contribution in [3.05, 3.63) is 41.0 Å². The number of fused-ring (bicyclic) bond motifs is 1. The van der Waals surface area contributed by atoms with Gasteiger partial charge >= 0.3 is 6.18 Å². The molecule has 0 spiro atoms. The van der Waals surface area contributed by atoms with Crippen LogP contribution in [0.25, 0.3) is 16.2 Å². The second kappa shape index (κ2) is 6.39. The summed E-state index contributed by atoms with van der Waals surface area (Å²) in [6, 6.07) is 4.42. The maximum atomic E-state index is 13.5. The van der Waals surface area contributed by atoms with Gasteiger partial charge in [0.1, 0.15) is 5.56 Å². The number of alkyl halides is 3. The molecule has 1 fully saturated rings. The zero-order valence-corrected chi connectivity index (χ0v) is 14.5. The molecule has 4 rings (SSSR count). The maximum absolute atomic E-state index is 13.5. The number of carbonyl (C=O) groups is 1. The maximum Gasteiger partial charge on any atom is 0.433 e. The zero-order chi connectivity index (χ0) is 18.3. The summed E-state index contributed by atoms with van der Waals surface area (Å²) in [5, 5.41) is 5.58. The van der Waals surface area contributed by atoms with Crippen molar-refractivity contribution in [1.29, 1.82) is 0 Å². The largest absolute Gasteiger partial charge is 0.433 e. The van der Waals surface area contributed by atoms with Gasteiger partial charge in [0.25, 0.3) is 5.91 Å². The van der Waals surface area contributed by atoms with Gasteiger partial charge in [0.15, 0.2) is 11.3 Å². The van der Waals surface area contributed by atoms with Crippen LogP contribution in [0.2, 0.25) is 0 Å². The predicted molar refractivity (Wildman–Crippen MR) is 91.1 cm³/mol. The highest BCUT2D eigenvalue weighted by molar-refractivity contribution is 7.13. The van der Waals surface area contributed by atoms with E-state index in [0.29, 0.717) is 22.5 Å². The molecule has 0 bridgehead atoms. The predicted octanol–water partition coefficient (Wildman–Crippen LogP) is 4.10. The van der Waals surface area contributed by atoms with Crippen LogP contribution in [0.3, 0.4) is 0 Å². The van der Waals surface area contributed by atoms with Gasteiger partial charge in [-0.25, -0.2) is 9.50 Å². The van der Waals surface area contributed by atoms with E-state index >= 15 is 0 Å². The first-order valence-electron chi connectivity index (χ1n) is 8.24. The molecular weight excluding hydrogens is 365 g/mol. The van der Waals surface area contributed by atoms with E-state index in [1.165, 1.54) is 17.5 Å². The lowest BCUT2D eigenvalue weighted by Gasteiger charge is -2.26. The summed E-state index contributed by atoms with van der Waals surface area (Å²) < 4.78 is 41.3. The lowest BCUT2D eigenvalue weighted by molar-refractivity contribution is -0.142. The number of nitrogens with zero attached hydrogens (tertiary/aromatic N) is 4. The van der Waals surface area contributed by atoms with Crippen LogP contribution in [-0.4, -0.2) is 38.5 Å². The van der Waals surface area contributed by atoms with Crippen molar-refractivity contribution in [2.75, 3.05) is 13.1 Å². The minimum Gasteiger partial charge on any atom is -0.338 e.